The minimum atomic E-state index is 0.402. The van der Waals surface area contributed by atoms with Gasteiger partial charge in [-0.2, -0.15) is 5.10 Å². The highest BCUT2D eigenvalue weighted by Gasteiger charge is 2.07. The molecule has 1 aromatic heterocycles. The molecule has 0 spiro atoms. The average Bonchev–Trinajstić information content (AvgIpc) is 2.69. The third-order valence-corrected chi connectivity index (χ3v) is 3.25. The summed E-state index contributed by atoms with van der Waals surface area (Å²) in [7, 11) is 1.96. The SMILES string of the molecule is CCNC(C)c1ccc(-c2cn(C)nc2C)cc1. The Balaban J connectivity index is 2.25. The van der Waals surface area contributed by atoms with Gasteiger partial charge in [-0.3, -0.25) is 4.68 Å². The van der Waals surface area contributed by atoms with Crippen molar-refractivity contribution in [3.05, 3.63) is 41.7 Å². The van der Waals surface area contributed by atoms with Crippen molar-refractivity contribution in [2.45, 2.75) is 26.8 Å². The lowest BCUT2D eigenvalue weighted by Gasteiger charge is -2.13. The predicted octanol–water partition coefficient (Wildman–Crippen LogP) is 3.07. The van der Waals surface area contributed by atoms with Gasteiger partial charge in [-0.05, 0) is 31.5 Å². The van der Waals surface area contributed by atoms with Gasteiger partial charge in [-0.1, -0.05) is 31.2 Å². The topological polar surface area (TPSA) is 29.9 Å². The molecule has 0 fully saturated rings. The molecule has 0 aliphatic heterocycles. The lowest BCUT2D eigenvalue weighted by atomic mass is 10.0. The Morgan fingerprint density at radius 1 is 1.28 bits per heavy atom. The molecule has 0 radical (unpaired) electrons. The van der Waals surface area contributed by atoms with Crippen molar-refractivity contribution in [1.29, 1.82) is 0 Å². The fraction of sp³-hybridized carbons (Fsp3) is 0.400. The molecule has 3 nitrogen and oxygen atoms in total. The van der Waals surface area contributed by atoms with E-state index in [2.05, 4.69) is 54.7 Å². The minimum Gasteiger partial charge on any atom is -0.310 e. The molecule has 2 aromatic rings. The zero-order chi connectivity index (χ0) is 13.1. The summed E-state index contributed by atoms with van der Waals surface area (Å²) in [4.78, 5) is 0. The molecule has 1 N–H and O–H groups in total. The zero-order valence-corrected chi connectivity index (χ0v) is 11.6. The van der Waals surface area contributed by atoms with Gasteiger partial charge in [-0.25, -0.2) is 0 Å². The molecular formula is C15H21N3. The minimum absolute atomic E-state index is 0.402. The predicted molar refractivity (Wildman–Crippen MR) is 75.5 cm³/mol. The second kappa shape index (κ2) is 5.36. The Bertz CT molecular complexity index is 511. The monoisotopic (exact) mass is 243 g/mol. The summed E-state index contributed by atoms with van der Waals surface area (Å²) in [5.74, 6) is 0. The molecule has 1 heterocycles. The van der Waals surface area contributed by atoms with E-state index in [1.54, 1.807) is 0 Å². The van der Waals surface area contributed by atoms with Crippen LogP contribution in [-0.2, 0) is 7.05 Å². The van der Waals surface area contributed by atoms with Gasteiger partial charge in [0.15, 0.2) is 0 Å². The van der Waals surface area contributed by atoms with Crippen LogP contribution in [0.5, 0.6) is 0 Å². The lowest BCUT2D eigenvalue weighted by Crippen LogP contribution is -2.17. The number of nitrogens with zero attached hydrogens (tertiary/aromatic N) is 2. The van der Waals surface area contributed by atoms with Crippen LogP contribution in [0.3, 0.4) is 0 Å². The highest BCUT2D eigenvalue weighted by Crippen LogP contribution is 2.24. The van der Waals surface area contributed by atoms with E-state index in [4.69, 9.17) is 0 Å². The zero-order valence-electron chi connectivity index (χ0n) is 11.6. The van der Waals surface area contributed by atoms with Crippen LogP contribution in [0.4, 0.5) is 0 Å². The largest absolute Gasteiger partial charge is 0.310 e. The second-order valence-corrected chi connectivity index (χ2v) is 4.70. The van der Waals surface area contributed by atoms with Crippen molar-refractivity contribution in [3.63, 3.8) is 0 Å². The Hall–Kier alpha value is -1.61. The molecule has 0 aliphatic rings. The van der Waals surface area contributed by atoms with Crippen LogP contribution in [-0.4, -0.2) is 16.3 Å². The maximum atomic E-state index is 4.38. The van der Waals surface area contributed by atoms with Crippen LogP contribution in [0.1, 0.15) is 31.1 Å². The summed E-state index contributed by atoms with van der Waals surface area (Å²) < 4.78 is 1.86. The number of aromatic nitrogens is 2. The normalized spacial score (nSPS) is 12.7. The first-order chi connectivity index (χ1) is 8.61. The van der Waals surface area contributed by atoms with Gasteiger partial charge >= 0.3 is 0 Å². The van der Waals surface area contributed by atoms with E-state index in [9.17, 15) is 0 Å². The van der Waals surface area contributed by atoms with Crippen molar-refractivity contribution in [3.8, 4) is 11.1 Å². The van der Waals surface area contributed by atoms with Crippen molar-refractivity contribution < 1.29 is 0 Å². The first-order valence-electron chi connectivity index (χ1n) is 6.45. The summed E-state index contributed by atoms with van der Waals surface area (Å²) in [6.07, 6.45) is 2.07. The summed E-state index contributed by atoms with van der Waals surface area (Å²) in [5.41, 5.74) is 4.83. The molecule has 1 atom stereocenters. The molecule has 0 amide bonds. The van der Waals surface area contributed by atoms with Gasteiger partial charge < -0.3 is 5.32 Å². The van der Waals surface area contributed by atoms with E-state index in [1.165, 1.54) is 16.7 Å². The maximum Gasteiger partial charge on any atom is 0.0671 e. The molecule has 2 rings (SSSR count). The van der Waals surface area contributed by atoms with Gasteiger partial charge in [0.2, 0.25) is 0 Å². The van der Waals surface area contributed by atoms with Crippen LogP contribution >= 0.6 is 0 Å². The Morgan fingerprint density at radius 2 is 1.94 bits per heavy atom. The van der Waals surface area contributed by atoms with Crippen molar-refractivity contribution in [1.82, 2.24) is 15.1 Å². The van der Waals surface area contributed by atoms with E-state index in [0.29, 0.717) is 6.04 Å². The smallest absolute Gasteiger partial charge is 0.0671 e. The van der Waals surface area contributed by atoms with Crippen LogP contribution in [0.2, 0.25) is 0 Å². The van der Waals surface area contributed by atoms with E-state index in [0.717, 1.165) is 12.2 Å². The fourth-order valence-electron chi connectivity index (χ4n) is 2.26. The van der Waals surface area contributed by atoms with E-state index in [1.807, 2.05) is 18.7 Å². The molecule has 0 saturated heterocycles. The van der Waals surface area contributed by atoms with E-state index >= 15 is 0 Å². The van der Waals surface area contributed by atoms with Crippen LogP contribution in [0, 0.1) is 6.92 Å². The molecule has 0 aliphatic carbocycles. The number of aryl methyl sites for hydroxylation is 2. The molecule has 3 heteroatoms. The Labute approximate surface area is 109 Å². The summed E-state index contributed by atoms with van der Waals surface area (Å²) in [6.45, 7) is 7.35. The summed E-state index contributed by atoms with van der Waals surface area (Å²) >= 11 is 0. The van der Waals surface area contributed by atoms with Crippen molar-refractivity contribution in [2.24, 2.45) is 7.05 Å². The van der Waals surface area contributed by atoms with E-state index < -0.39 is 0 Å². The maximum absolute atomic E-state index is 4.38. The number of hydrogen-bond acceptors (Lipinski definition) is 2. The Kier molecular flexibility index (Phi) is 3.82. The van der Waals surface area contributed by atoms with Crippen LogP contribution < -0.4 is 5.32 Å². The highest BCUT2D eigenvalue weighted by molar-refractivity contribution is 5.65. The van der Waals surface area contributed by atoms with Gasteiger partial charge in [0.1, 0.15) is 0 Å². The van der Waals surface area contributed by atoms with E-state index in [-0.39, 0.29) is 0 Å². The van der Waals surface area contributed by atoms with Gasteiger partial charge in [0, 0.05) is 24.8 Å². The second-order valence-electron chi connectivity index (χ2n) is 4.70. The number of nitrogens with one attached hydrogen (secondary N) is 1. The van der Waals surface area contributed by atoms with Crippen LogP contribution in [0.15, 0.2) is 30.5 Å². The summed E-state index contributed by atoms with van der Waals surface area (Å²) in [6, 6.07) is 9.13. The standard InChI is InChI=1S/C15H21N3/c1-5-16-11(2)13-6-8-14(9-7-13)15-10-18(4)17-12(15)3/h6-11,16H,5H2,1-4H3. The third-order valence-electron chi connectivity index (χ3n) is 3.25. The lowest BCUT2D eigenvalue weighted by molar-refractivity contribution is 0.598. The molecule has 96 valence electrons. The summed E-state index contributed by atoms with van der Waals surface area (Å²) in [5, 5.41) is 7.80. The molecule has 0 saturated carbocycles. The molecular weight excluding hydrogens is 222 g/mol. The first kappa shape index (κ1) is 12.8. The van der Waals surface area contributed by atoms with Gasteiger partial charge in [0.25, 0.3) is 0 Å². The van der Waals surface area contributed by atoms with Crippen molar-refractivity contribution in [2.75, 3.05) is 6.54 Å². The molecule has 1 unspecified atom stereocenters. The number of benzene rings is 1. The number of hydrogen-bond donors (Lipinski definition) is 1. The quantitative estimate of drug-likeness (QED) is 0.894. The highest BCUT2D eigenvalue weighted by atomic mass is 15.2. The Morgan fingerprint density at radius 3 is 2.44 bits per heavy atom. The van der Waals surface area contributed by atoms with Gasteiger partial charge in [0.05, 0.1) is 5.69 Å². The van der Waals surface area contributed by atoms with Crippen molar-refractivity contribution >= 4 is 0 Å². The average molecular weight is 243 g/mol. The fourth-order valence-corrected chi connectivity index (χ4v) is 2.26. The van der Waals surface area contributed by atoms with Gasteiger partial charge in [-0.15, -0.1) is 0 Å². The third kappa shape index (κ3) is 2.62. The van der Waals surface area contributed by atoms with Crippen LogP contribution in [0.25, 0.3) is 11.1 Å². The molecule has 1 aromatic carbocycles. The first-order valence-corrected chi connectivity index (χ1v) is 6.45. The molecule has 18 heavy (non-hydrogen) atoms. The molecule has 0 bridgehead atoms. The number of rotatable bonds is 4.